The molecular weight excluding hydrogens is 350 g/mol. The molecule has 0 aromatic heterocycles. The fraction of sp³-hybridized carbons (Fsp3) is 0.538. The average molecular weight is 367 g/mol. The third kappa shape index (κ3) is 5.87. The van der Waals surface area contributed by atoms with Crippen LogP contribution in [0.2, 0.25) is 0 Å². The summed E-state index contributed by atoms with van der Waals surface area (Å²) in [6.07, 6.45) is -5.55. The molecular formula is C13H17Cl2F5N2. The Balaban J connectivity index is 0.00000220. The minimum absolute atomic E-state index is 0. The lowest BCUT2D eigenvalue weighted by Gasteiger charge is -2.35. The number of benzene rings is 1. The van der Waals surface area contributed by atoms with E-state index in [0.29, 0.717) is 32.2 Å². The van der Waals surface area contributed by atoms with Gasteiger partial charge in [-0.05, 0) is 6.07 Å². The summed E-state index contributed by atoms with van der Waals surface area (Å²) in [6, 6.07) is 1.60. The molecule has 1 heterocycles. The van der Waals surface area contributed by atoms with Crippen molar-refractivity contribution in [2.45, 2.75) is 18.6 Å². The van der Waals surface area contributed by atoms with Gasteiger partial charge in [0.1, 0.15) is 11.6 Å². The topological polar surface area (TPSA) is 15.3 Å². The fourth-order valence-electron chi connectivity index (χ4n) is 2.42. The molecule has 0 amide bonds. The Bertz CT molecular complexity index is 464. The second-order valence-corrected chi connectivity index (χ2v) is 4.79. The van der Waals surface area contributed by atoms with Gasteiger partial charge in [-0.15, -0.1) is 24.8 Å². The van der Waals surface area contributed by atoms with Crippen LogP contribution in [0.5, 0.6) is 0 Å². The molecule has 2 nitrogen and oxygen atoms in total. The van der Waals surface area contributed by atoms with Crippen molar-refractivity contribution >= 4 is 24.8 Å². The number of alkyl halides is 3. The van der Waals surface area contributed by atoms with Gasteiger partial charge >= 0.3 is 6.18 Å². The van der Waals surface area contributed by atoms with Crippen molar-refractivity contribution in [3.8, 4) is 0 Å². The minimum Gasteiger partial charge on any atom is -0.314 e. The van der Waals surface area contributed by atoms with Crippen molar-refractivity contribution in [1.82, 2.24) is 10.2 Å². The van der Waals surface area contributed by atoms with E-state index in [1.165, 1.54) is 0 Å². The Hall–Kier alpha value is -0.630. The zero-order valence-corrected chi connectivity index (χ0v) is 13.1. The lowest BCUT2D eigenvalue weighted by molar-refractivity contribution is -0.149. The highest BCUT2D eigenvalue weighted by molar-refractivity contribution is 5.85. The summed E-state index contributed by atoms with van der Waals surface area (Å²) in [5, 5.41) is 3.03. The fourth-order valence-corrected chi connectivity index (χ4v) is 2.42. The first-order valence-electron chi connectivity index (χ1n) is 6.33. The van der Waals surface area contributed by atoms with Gasteiger partial charge in [0.05, 0.1) is 6.42 Å². The molecule has 9 heteroatoms. The third-order valence-electron chi connectivity index (χ3n) is 3.34. The van der Waals surface area contributed by atoms with Crippen LogP contribution in [0.4, 0.5) is 22.0 Å². The quantitative estimate of drug-likeness (QED) is 0.820. The summed E-state index contributed by atoms with van der Waals surface area (Å²) in [7, 11) is 0. The van der Waals surface area contributed by atoms with Gasteiger partial charge in [0.2, 0.25) is 0 Å². The SMILES string of the molecule is Cl.Cl.Fc1ccc([C@@H](CC(F)(F)F)N2CCNCC2)c(F)c1. The maximum absolute atomic E-state index is 13.8. The normalized spacial score (nSPS) is 17.3. The predicted molar refractivity (Wildman–Crippen MR) is 78.7 cm³/mol. The monoisotopic (exact) mass is 366 g/mol. The first-order chi connectivity index (χ1) is 9.37. The molecule has 0 unspecified atom stereocenters. The zero-order valence-electron chi connectivity index (χ0n) is 11.5. The van der Waals surface area contributed by atoms with Gasteiger partial charge in [-0.25, -0.2) is 8.78 Å². The third-order valence-corrected chi connectivity index (χ3v) is 3.34. The maximum Gasteiger partial charge on any atom is 0.390 e. The Morgan fingerprint density at radius 2 is 1.68 bits per heavy atom. The van der Waals surface area contributed by atoms with Gasteiger partial charge in [0, 0.05) is 43.9 Å². The predicted octanol–water partition coefficient (Wildman–Crippen LogP) is 3.71. The van der Waals surface area contributed by atoms with Crippen LogP contribution in [-0.4, -0.2) is 37.3 Å². The Morgan fingerprint density at radius 1 is 1.09 bits per heavy atom. The summed E-state index contributed by atoms with van der Waals surface area (Å²) < 4.78 is 64.8. The van der Waals surface area contributed by atoms with Gasteiger partial charge in [-0.1, -0.05) is 6.07 Å². The molecule has 1 saturated heterocycles. The molecule has 22 heavy (non-hydrogen) atoms. The van der Waals surface area contributed by atoms with Gasteiger partial charge in [-0.3, -0.25) is 4.90 Å². The molecule has 1 atom stereocenters. The molecule has 1 aromatic carbocycles. The average Bonchev–Trinajstić information content (AvgIpc) is 2.36. The molecule has 1 aromatic rings. The molecule has 1 fully saturated rings. The van der Waals surface area contributed by atoms with E-state index in [1.54, 1.807) is 4.90 Å². The van der Waals surface area contributed by atoms with Crippen LogP contribution in [0.25, 0.3) is 0 Å². The van der Waals surface area contributed by atoms with Crippen molar-refractivity contribution in [3.05, 3.63) is 35.4 Å². The number of nitrogens with zero attached hydrogens (tertiary/aromatic N) is 1. The summed E-state index contributed by atoms with van der Waals surface area (Å²) >= 11 is 0. The zero-order chi connectivity index (χ0) is 14.8. The molecule has 0 radical (unpaired) electrons. The van der Waals surface area contributed by atoms with E-state index in [2.05, 4.69) is 5.32 Å². The first-order valence-corrected chi connectivity index (χ1v) is 6.33. The Kier molecular flexibility index (Phi) is 8.61. The van der Waals surface area contributed by atoms with Crippen molar-refractivity contribution in [1.29, 1.82) is 0 Å². The highest BCUT2D eigenvalue weighted by Crippen LogP contribution is 2.35. The number of hydrogen-bond acceptors (Lipinski definition) is 2. The van der Waals surface area contributed by atoms with Crippen molar-refractivity contribution in [3.63, 3.8) is 0 Å². The lowest BCUT2D eigenvalue weighted by Crippen LogP contribution is -2.46. The Morgan fingerprint density at radius 3 is 2.18 bits per heavy atom. The smallest absolute Gasteiger partial charge is 0.314 e. The standard InChI is InChI=1S/C13H15F5N2.2ClH/c14-9-1-2-10(11(15)7-9)12(8-13(16,17)18)20-5-3-19-4-6-20;;/h1-2,7,12,19H,3-6,8H2;2*1H/t12-;;/m1../s1. The van der Waals surface area contributed by atoms with Crippen LogP contribution >= 0.6 is 24.8 Å². The van der Waals surface area contributed by atoms with E-state index in [4.69, 9.17) is 0 Å². The van der Waals surface area contributed by atoms with E-state index in [1.807, 2.05) is 0 Å². The first kappa shape index (κ1) is 21.4. The van der Waals surface area contributed by atoms with Crippen LogP contribution < -0.4 is 5.32 Å². The van der Waals surface area contributed by atoms with Crippen molar-refractivity contribution in [2.24, 2.45) is 0 Å². The van der Waals surface area contributed by atoms with Crippen molar-refractivity contribution in [2.75, 3.05) is 26.2 Å². The molecule has 1 aliphatic heterocycles. The van der Waals surface area contributed by atoms with Crippen LogP contribution in [0.3, 0.4) is 0 Å². The molecule has 1 aliphatic rings. The van der Waals surface area contributed by atoms with Crippen LogP contribution in [0.1, 0.15) is 18.0 Å². The van der Waals surface area contributed by atoms with E-state index in [-0.39, 0.29) is 30.4 Å². The number of halogens is 7. The molecule has 0 spiro atoms. The van der Waals surface area contributed by atoms with Gasteiger partial charge in [-0.2, -0.15) is 13.2 Å². The van der Waals surface area contributed by atoms with E-state index in [9.17, 15) is 22.0 Å². The van der Waals surface area contributed by atoms with E-state index in [0.717, 1.165) is 12.1 Å². The second kappa shape index (κ2) is 8.86. The van der Waals surface area contributed by atoms with Crippen LogP contribution in [0.15, 0.2) is 18.2 Å². The number of piperazine rings is 1. The molecule has 2 rings (SSSR count). The van der Waals surface area contributed by atoms with Gasteiger partial charge < -0.3 is 5.32 Å². The van der Waals surface area contributed by atoms with Gasteiger partial charge in [0.25, 0.3) is 0 Å². The summed E-state index contributed by atoms with van der Waals surface area (Å²) in [6.45, 7) is 1.91. The second-order valence-electron chi connectivity index (χ2n) is 4.79. The molecule has 128 valence electrons. The highest BCUT2D eigenvalue weighted by Gasteiger charge is 2.37. The molecule has 0 aliphatic carbocycles. The van der Waals surface area contributed by atoms with Crippen LogP contribution in [0, 0.1) is 11.6 Å². The molecule has 1 N–H and O–H groups in total. The summed E-state index contributed by atoms with van der Waals surface area (Å²) in [5.74, 6) is -1.73. The number of hydrogen-bond donors (Lipinski definition) is 1. The highest BCUT2D eigenvalue weighted by atomic mass is 35.5. The minimum atomic E-state index is -4.41. The van der Waals surface area contributed by atoms with Gasteiger partial charge in [0.15, 0.2) is 0 Å². The Labute approximate surface area is 137 Å². The van der Waals surface area contributed by atoms with Crippen molar-refractivity contribution < 1.29 is 22.0 Å². The largest absolute Gasteiger partial charge is 0.390 e. The van der Waals surface area contributed by atoms with Crippen LogP contribution in [-0.2, 0) is 0 Å². The number of nitrogens with one attached hydrogen (secondary N) is 1. The van der Waals surface area contributed by atoms with E-state index >= 15 is 0 Å². The molecule has 0 saturated carbocycles. The summed E-state index contributed by atoms with van der Waals surface area (Å²) in [5.41, 5.74) is -0.106. The maximum atomic E-state index is 13.8. The molecule has 0 bridgehead atoms. The number of rotatable bonds is 3. The van der Waals surface area contributed by atoms with E-state index < -0.39 is 30.3 Å². The summed E-state index contributed by atoms with van der Waals surface area (Å²) in [4.78, 5) is 1.58. The lowest BCUT2D eigenvalue weighted by atomic mass is 10.00.